The minimum absolute atomic E-state index is 0.429. The molecule has 0 radical (unpaired) electrons. The molecule has 1 aromatic heterocycles. The van der Waals surface area contributed by atoms with E-state index in [4.69, 9.17) is 0 Å². The van der Waals surface area contributed by atoms with E-state index in [1.807, 2.05) is 0 Å². The van der Waals surface area contributed by atoms with Gasteiger partial charge >= 0.3 is 0 Å². The fourth-order valence-electron chi connectivity index (χ4n) is 2.70. The first-order valence-corrected chi connectivity index (χ1v) is 12.5. The van der Waals surface area contributed by atoms with E-state index in [9.17, 15) is 16.8 Å². The SMILES string of the molecule is Cc1ccc(Nc2cc(-c3cccc(NS(C)(=O)=O)c3)ncn2)cc1NS(C)(=O)=O. The first kappa shape index (κ1) is 21.5. The fraction of sp³-hybridized carbons (Fsp3) is 0.158. The monoisotopic (exact) mass is 447 g/mol. The summed E-state index contributed by atoms with van der Waals surface area (Å²) >= 11 is 0. The predicted molar refractivity (Wildman–Crippen MR) is 119 cm³/mol. The highest BCUT2D eigenvalue weighted by atomic mass is 32.2. The average molecular weight is 448 g/mol. The smallest absolute Gasteiger partial charge is 0.229 e. The van der Waals surface area contributed by atoms with Gasteiger partial charge in [0.15, 0.2) is 0 Å². The van der Waals surface area contributed by atoms with Gasteiger partial charge in [-0.2, -0.15) is 0 Å². The first-order chi connectivity index (χ1) is 14.0. The number of hydrogen-bond donors (Lipinski definition) is 3. The number of anilines is 4. The van der Waals surface area contributed by atoms with Crippen LogP contribution in [0.15, 0.2) is 54.9 Å². The summed E-state index contributed by atoms with van der Waals surface area (Å²) in [5, 5.41) is 3.12. The van der Waals surface area contributed by atoms with Gasteiger partial charge < -0.3 is 5.32 Å². The molecular formula is C19H21N5O4S2. The normalized spacial score (nSPS) is 11.7. The molecule has 0 saturated carbocycles. The Morgan fingerprint density at radius 1 is 0.800 bits per heavy atom. The maximum Gasteiger partial charge on any atom is 0.229 e. The highest BCUT2D eigenvalue weighted by Gasteiger charge is 2.09. The van der Waals surface area contributed by atoms with Gasteiger partial charge in [-0.3, -0.25) is 9.44 Å². The molecule has 1 heterocycles. The highest BCUT2D eigenvalue weighted by molar-refractivity contribution is 7.92. The van der Waals surface area contributed by atoms with Crippen molar-refractivity contribution in [3.8, 4) is 11.3 Å². The first-order valence-electron chi connectivity index (χ1n) is 8.74. The maximum absolute atomic E-state index is 11.5. The molecule has 0 unspecified atom stereocenters. The van der Waals surface area contributed by atoms with Gasteiger partial charge in [-0.15, -0.1) is 0 Å². The molecule has 158 valence electrons. The molecular weight excluding hydrogens is 426 g/mol. The van der Waals surface area contributed by atoms with Gasteiger partial charge in [-0.05, 0) is 36.8 Å². The Bertz CT molecular complexity index is 1290. The summed E-state index contributed by atoms with van der Waals surface area (Å²) in [5.74, 6) is 0.496. The van der Waals surface area contributed by atoms with Gasteiger partial charge in [-0.25, -0.2) is 26.8 Å². The Morgan fingerprint density at radius 2 is 1.53 bits per heavy atom. The summed E-state index contributed by atoms with van der Waals surface area (Å²) in [4.78, 5) is 8.45. The van der Waals surface area contributed by atoms with E-state index in [1.165, 1.54) is 6.33 Å². The quantitative estimate of drug-likeness (QED) is 0.508. The van der Waals surface area contributed by atoms with Crippen LogP contribution in [0.5, 0.6) is 0 Å². The number of benzene rings is 2. The van der Waals surface area contributed by atoms with Crippen LogP contribution < -0.4 is 14.8 Å². The molecule has 9 nitrogen and oxygen atoms in total. The number of rotatable bonds is 7. The molecule has 0 aliphatic heterocycles. The zero-order valence-corrected chi connectivity index (χ0v) is 18.2. The van der Waals surface area contributed by atoms with Crippen LogP contribution in [0.2, 0.25) is 0 Å². The summed E-state index contributed by atoms with van der Waals surface area (Å²) in [6, 6.07) is 13.8. The molecule has 0 aliphatic carbocycles. The summed E-state index contributed by atoms with van der Waals surface area (Å²) < 4.78 is 50.9. The van der Waals surface area contributed by atoms with Crippen molar-refractivity contribution in [2.75, 3.05) is 27.3 Å². The van der Waals surface area contributed by atoms with Crippen molar-refractivity contribution in [3.05, 3.63) is 60.4 Å². The third kappa shape index (κ3) is 6.16. The number of hydrogen-bond acceptors (Lipinski definition) is 7. The third-order valence-corrected chi connectivity index (χ3v) is 5.13. The molecule has 3 N–H and O–H groups in total. The van der Waals surface area contributed by atoms with Crippen LogP contribution in [0.3, 0.4) is 0 Å². The van der Waals surface area contributed by atoms with E-state index in [2.05, 4.69) is 24.7 Å². The number of nitrogens with one attached hydrogen (secondary N) is 3. The van der Waals surface area contributed by atoms with Gasteiger partial charge in [0.25, 0.3) is 0 Å². The summed E-state index contributed by atoms with van der Waals surface area (Å²) in [7, 11) is -6.79. The van der Waals surface area contributed by atoms with E-state index in [0.717, 1.165) is 18.1 Å². The molecule has 0 saturated heterocycles. The lowest BCUT2D eigenvalue weighted by molar-refractivity contribution is 0.605. The molecule has 2 aromatic carbocycles. The van der Waals surface area contributed by atoms with E-state index in [-0.39, 0.29) is 0 Å². The number of nitrogens with zero attached hydrogens (tertiary/aromatic N) is 2. The van der Waals surface area contributed by atoms with Crippen molar-refractivity contribution in [1.29, 1.82) is 0 Å². The minimum atomic E-state index is -3.40. The Labute approximate surface area is 175 Å². The van der Waals surface area contributed by atoms with Crippen LogP contribution in [0.4, 0.5) is 22.9 Å². The van der Waals surface area contributed by atoms with E-state index in [1.54, 1.807) is 55.5 Å². The van der Waals surface area contributed by atoms with Crippen molar-refractivity contribution in [3.63, 3.8) is 0 Å². The van der Waals surface area contributed by atoms with Crippen LogP contribution >= 0.6 is 0 Å². The lowest BCUT2D eigenvalue weighted by Crippen LogP contribution is -2.10. The second-order valence-electron chi connectivity index (χ2n) is 6.77. The Kier molecular flexibility index (Phi) is 5.94. The molecule has 0 bridgehead atoms. The molecule has 0 amide bonds. The van der Waals surface area contributed by atoms with Crippen molar-refractivity contribution in [1.82, 2.24) is 9.97 Å². The summed E-state index contributed by atoms with van der Waals surface area (Å²) in [6.45, 7) is 1.80. The van der Waals surface area contributed by atoms with Crippen LogP contribution in [-0.2, 0) is 20.0 Å². The number of sulfonamides is 2. The molecule has 3 aromatic rings. The lowest BCUT2D eigenvalue weighted by atomic mass is 10.1. The molecule has 0 spiro atoms. The second-order valence-corrected chi connectivity index (χ2v) is 10.3. The zero-order chi connectivity index (χ0) is 21.9. The minimum Gasteiger partial charge on any atom is -0.340 e. The zero-order valence-electron chi connectivity index (χ0n) is 16.5. The maximum atomic E-state index is 11.5. The van der Waals surface area contributed by atoms with Crippen molar-refractivity contribution >= 4 is 42.9 Å². The molecule has 30 heavy (non-hydrogen) atoms. The second kappa shape index (κ2) is 8.28. The molecule has 0 atom stereocenters. The standard InChI is InChI=1S/C19H21N5O4S2/c1-13-7-8-15(10-17(13)24-30(3,27)28)22-19-11-18(20-12-21-19)14-5-4-6-16(9-14)23-29(2,25)26/h4-12,23-24H,1-3H3,(H,20,21,22). The van der Waals surface area contributed by atoms with Gasteiger partial charge in [0.1, 0.15) is 12.1 Å². The van der Waals surface area contributed by atoms with Crippen LogP contribution in [0.1, 0.15) is 5.56 Å². The van der Waals surface area contributed by atoms with Crippen LogP contribution in [0, 0.1) is 6.92 Å². The Morgan fingerprint density at radius 3 is 2.23 bits per heavy atom. The van der Waals surface area contributed by atoms with Crippen molar-refractivity contribution in [2.24, 2.45) is 0 Å². The van der Waals surface area contributed by atoms with Gasteiger partial charge in [0, 0.05) is 23.0 Å². The van der Waals surface area contributed by atoms with E-state index < -0.39 is 20.0 Å². The number of aryl methyl sites for hydroxylation is 1. The van der Waals surface area contributed by atoms with Gasteiger partial charge in [0.2, 0.25) is 20.0 Å². The molecule has 0 aliphatic rings. The molecule has 3 rings (SSSR count). The fourth-order valence-corrected chi connectivity index (χ4v) is 3.87. The largest absolute Gasteiger partial charge is 0.340 e. The lowest BCUT2D eigenvalue weighted by Gasteiger charge is -2.12. The predicted octanol–water partition coefficient (Wildman–Crippen LogP) is 2.94. The van der Waals surface area contributed by atoms with E-state index in [0.29, 0.717) is 34.1 Å². The van der Waals surface area contributed by atoms with Gasteiger partial charge in [0.05, 0.1) is 23.9 Å². The van der Waals surface area contributed by atoms with Crippen LogP contribution in [0.25, 0.3) is 11.3 Å². The topological polar surface area (TPSA) is 130 Å². The van der Waals surface area contributed by atoms with Crippen molar-refractivity contribution in [2.45, 2.75) is 6.92 Å². The van der Waals surface area contributed by atoms with Gasteiger partial charge in [-0.1, -0.05) is 18.2 Å². The van der Waals surface area contributed by atoms with Crippen LogP contribution in [-0.4, -0.2) is 39.3 Å². The highest BCUT2D eigenvalue weighted by Crippen LogP contribution is 2.26. The summed E-state index contributed by atoms with van der Waals surface area (Å²) in [5.41, 5.74) is 3.62. The van der Waals surface area contributed by atoms with Crippen molar-refractivity contribution < 1.29 is 16.8 Å². The Hall–Kier alpha value is -3.18. The third-order valence-electron chi connectivity index (χ3n) is 3.93. The molecule has 11 heteroatoms. The molecule has 0 fully saturated rings. The van der Waals surface area contributed by atoms with E-state index >= 15 is 0 Å². The number of aromatic nitrogens is 2. The average Bonchev–Trinajstić information content (AvgIpc) is 2.62. The Balaban J connectivity index is 1.87. The summed E-state index contributed by atoms with van der Waals surface area (Å²) in [6.07, 6.45) is 3.56.